The summed E-state index contributed by atoms with van der Waals surface area (Å²) in [6, 6.07) is 74.8. The van der Waals surface area contributed by atoms with Gasteiger partial charge in [0.2, 0.25) is 0 Å². The van der Waals surface area contributed by atoms with Gasteiger partial charge in [-0.15, -0.1) is 0 Å². The van der Waals surface area contributed by atoms with Gasteiger partial charge in [-0.1, -0.05) is 275 Å². The molecule has 0 amide bonds. The fraction of sp³-hybridized carbons (Fsp3) is 0.0400. The number of hydrogen-bond donors (Lipinski definition) is 0. The third kappa shape index (κ3) is 10.5. The first kappa shape index (κ1) is 44.9. The second kappa shape index (κ2) is 25.2. The molecular formula is C100H72BN5. The molecule has 0 bridgehead atoms. The largest absolute Gasteiger partial charge is 0.311 e. The maximum absolute atomic E-state index is 10.1. The number of anilines is 9. The molecule has 0 fully saturated rings. The van der Waals surface area contributed by atoms with Crippen molar-refractivity contribution in [1.29, 1.82) is 0 Å². The Morgan fingerprint density at radius 2 is 0.679 bits per heavy atom. The molecular weight excluding hydrogens is 1280 g/mol. The number of fused-ring (bicyclic) bond motifs is 10. The lowest BCUT2D eigenvalue weighted by molar-refractivity contribution is 0.590. The molecule has 0 saturated heterocycles. The Kier molecular flexibility index (Phi) is 10.7. The third-order valence-electron chi connectivity index (χ3n) is 20.6. The number of benzene rings is 16. The van der Waals surface area contributed by atoms with Gasteiger partial charge in [0, 0.05) is 78.4 Å². The molecule has 4 heterocycles. The van der Waals surface area contributed by atoms with Gasteiger partial charge in [0.15, 0.2) is 0 Å². The number of aromatic nitrogens is 2. The van der Waals surface area contributed by atoms with E-state index in [4.69, 9.17) is 6.85 Å². The molecule has 0 saturated carbocycles. The zero-order valence-electron chi connectivity index (χ0n) is 77.6. The maximum Gasteiger partial charge on any atom is 0.252 e. The summed E-state index contributed by atoms with van der Waals surface area (Å²) in [6.07, 6.45) is 0. The zero-order valence-corrected chi connectivity index (χ0v) is 57.6. The smallest absolute Gasteiger partial charge is 0.252 e. The minimum atomic E-state index is -0.758. The Morgan fingerprint density at radius 3 is 1.15 bits per heavy atom. The molecule has 500 valence electrons. The first-order valence-electron chi connectivity index (χ1n) is 45.2. The van der Waals surface area contributed by atoms with Crippen molar-refractivity contribution in [3.05, 3.63) is 387 Å². The molecule has 5 nitrogen and oxygen atoms in total. The average molecular weight is 1370 g/mol. The first-order valence-corrected chi connectivity index (χ1v) is 35.2. The standard InChI is InChI=1S/C100H72BN5/c1-100(2,3)77-37-27-36-71(58-77)72-48-54-89-95(63-72)105(82-59-73(67-28-9-4-10-29-67)56-74(60-82)68-30-11-5-12-31-68)97-65-84(104-93-46-25-21-42-87(93)88-43-22-26-47-94(88)104)66-98-99(97)101(89)90-55-53-81(64-96(90)106(98)83-61-75(69-32-13-6-14-33-69)57-76(62-83)70-34-15-7-16-35-70)102(78-38-17-8-18-39-78)79-49-51-80(52-50-79)103-91-44-23-19-40-85(91)86-41-20-24-45-92(86)103/h4-66H,1-3H3/i8D,17D,18D,19D,20D,21D,22D,23D,24D,25D,26D,38D,40D,41D,42D,43D,44D,45D,46D,47D. The number of rotatable bonds is 12. The van der Waals surface area contributed by atoms with Crippen LogP contribution in [0.5, 0.6) is 0 Å². The van der Waals surface area contributed by atoms with Crippen molar-refractivity contribution in [2.75, 3.05) is 14.7 Å². The van der Waals surface area contributed by atoms with Crippen molar-refractivity contribution in [3.63, 3.8) is 0 Å². The van der Waals surface area contributed by atoms with Gasteiger partial charge in [-0.3, -0.25) is 0 Å². The summed E-state index contributed by atoms with van der Waals surface area (Å²) in [7, 11) is 0. The van der Waals surface area contributed by atoms with Crippen molar-refractivity contribution >= 4 is 118 Å². The Labute approximate surface area is 646 Å². The van der Waals surface area contributed by atoms with E-state index < -0.39 is 122 Å². The highest BCUT2D eigenvalue weighted by Gasteiger charge is 2.45. The van der Waals surface area contributed by atoms with Gasteiger partial charge in [0.05, 0.1) is 55.2 Å². The van der Waals surface area contributed by atoms with Crippen LogP contribution in [-0.2, 0) is 5.41 Å². The van der Waals surface area contributed by atoms with Crippen molar-refractivity contribution in [2.24, 2.45) is 0 Å². The van der Waals surface area contributed by atoms with E-state index in [2.05, 4.69) is 134 Å². The second-order valence-electron chi connectivity index (χ2n) is 27.8. The summed E-state index contributed by atoms with van der Waals surface area (Å²) in [5.74, 6) is 0. The third-order valence-corrected chi connectivity index (χ3v) is 20.6. The summed E-state index contributed by atoms with van der Waals surface area (Å²) in [5, 5.41) is -0.498. The molecule has 0 atom stereocenters. The van der Waals surface area contributed by atoms with Gasteiger partial charge in [-0.25, -0.2) is 0 Å². The van der Waals surface area contributed by atoms with E-state index in [1.807, 2.05) is 127 Å². The number of hydrogen-bond acceptors (Lipinski definition) is 3. The maximum atomic E-state index is 10.1. The van der Waals surface area contributed by atoms with Crippen LogP contribution >= 0.6 is 0 Å². The molecule has 0 radical (unpaired) electrons. The fourth-order valence-electron chi connectivity index (χ4n) is 15.7. The van der Waals surface area contributed by atoms with Gasteiger partial charge in [-0.2, -0.15) is 0 Å². The van der Waals surface area contributed by atoms with Gasteiger partial charge in [-0.05, 0) is 210 Å². The highest BCUT2D eigenvalue weighted by atomic mass is 15.2. The Hall–Kier alpha value is -13.4. The lowest BCUT2D eigenvalue weighted by atomic mass is 9.33. The van der Waals surface area contributed by atoms with Gasteiger partial charge in [0.25, 0.3) is 6.71 Å². The summed E-state index contributed by atoms with van der Waals surface area (Å²) >= 11 is 0. The van der Waals surface area contributed by atoms with Crippen LogP contribution in [0.25, 0.3) is 111 Å². The monoisotopic (exact) mass is 1370 g/mol. The summed E-state index contributed by atoms with van der Waals surface area (Å²) < 4.78 is 191. The molecule has 6 heteroatoms. The van der Waals surface area contributed by atoms with Crippen LogP contribution in [0.2, 0.25) is 0 Å². The second-order valence-corrected chi connectivity index (χ2v) is 27.8. The van der Waals surface area contributed by atoms with E-state index in [0.29, 0.717) is 39.8 Å². The lowest BCUT2D eigenvalue weighted by Gasteiger charge is -2.45. The van der Waals surface area contributed by atoms with Crippen LogP contribution in [-0.4, -0.2) is 15.8 Å². The van der Waals surface area contributed by atoms with Gasteiger partial charge in [0.1, 0.15) is 0 Å². The Bertz CT molecular complexity index is 7440. The molecule has 0 unspecified atom stereocenters. The molecule has 2 aliphatic rings. The van der Waals surface area contributed by atoms with Crippen LogP contribution in [0, 0.1) is 0 Å². The molecule has 0 spiro atoms. The van der Waals surface area contributed by atoms with Gasteiger partial charge >= 0.3 is 0 Å². The molecule has 16 aromatic carbocycles. The summed E-state index contributed by atoms with van der Waals surface area (Å²) in [4.78, 5) is 6.07. The van der Waals surface area contributed by atoms with E-state index in [-0.39, 0.29) is 72.1 Å². The van der Waals surface area contributed by atoms with Crippen LogP contribution in [0.3, 0.4) is 0 Å². The minimum absolute atomic E-state index is 0.00614. The van der Waals surface area contributed by atoms with Crippen molar-refractivity contribution in [3.8, 4) is 67.0 Å². The molecule has 106 heavy (non-hydrogen) atoms. The van der Waals surface area contributed by atoms with E-state index >= 15 is 0 Å². The Morgan fingerprint density at radius 1 is 0.274 bits per heavy atom. The first-order chi connectivity index (χ1) is 60.5. The predicted molar refractivity (Wildman–Crippen MR) is 450 cm³/mol. The van der Waals surface area contributed by atoms with E-state index in [0.717, 1.165) is 83.3 Å². The quantitative estimate of drug-likeness (QED) is 0.114. The van der Waals surface area contributed by atoms with E-state index in [1.54, 1.807) is 33.7 Å². The SMILES string of the molecule is [2H]c1cc(N(c2ccc(-n3c4c([2H])c([2H])c([2H])c([2H])c4c4c([2H])c([2H])c([2H])c([2H])c43)cc2)c2ccc3c(c2)N(c2cc(-c4ccccc4)cc(-c4ccccc4)c2)c2cc(-n4c5c([2H])c([2H])c([2H])c([2H])c5c5c([2H])c([2H])c([2H])c([2H])c54)cc4c2B3c2ccc(-c3cccc(C(C)(C)C)c3)cc2N4c2cc(-c3ccccc3)cc(-c3ccccc3)c2)c([2H])c([2H])c1[2H]. The highest BCUT2D eigenvalue weighted by molar-refractivity contribution is 7.00. The molecule has 20 rings (SSSR count). The van der Waals surface area contributed by atoms with E-state index in [1.165, 1.54) is 10.6 Å². The summed E-state index contributed by atoms with van der Waals surface area (Å²) in [6.45, 7) is 5.76. The summed E-state index contributed by atoms with van der Waals surface area (Å²) in [5.41, 5.74) is 16.0. The van der Waals surface area contributed by atoms with Crippen molar-refractivity contribution in [1.82, 2.24) is 9.13 Å². The molecule has 0 aliphatic carbocycles. The highest BCUT2D eigenvalue weighted by Crippen LogP contribution is 2.51. The molecule has 18 aromatic rings. The van der Waals surface area contributed by atoms with E-state index in [9.17, 15) is 20.6 Å². The average Bonchev–Trinajstić information content (AvgIpc) is 1.02. The fourth-order valence-corrected chi connectivity index (χ4v) is 15.7. The minimum Gasteiger partial charge on any atom is -0.311 e. The zero-order chi connectivity index (χ0) is 88.0. The number of para-hydroxylation sites is 5. The van der Waals surface area contributed by atoms with Crippen LogP contribution in [0.15, 0.2) is 382 Å². The molecule has 2 aliphatic heterocycles. The van der Waals surface area contributed by atoms with Crippen molar-refractivity contribution < 1.29 is 27.4 Å². The van der Waals surface area contributed by atoms with Crippen LogP contribution in [0.4, 0.5) is 51.2 Å². The topological polar surface area (TPSA) is 19.6 Å². The lowest BCUT2D eigenvalue weighted by Crippen LogP contribution is -2.61. The Balaban J connectivity index is 0.946. The number of nitrogens with zero attached hydrogens (tertiary/aromatic N) is 5. The predicted octanol–water partition coefficient (Wildman–Crippen LogP) is 25.1. The molecule has 2 aromatic heterocycles. The van der Waals surface area contributed by atoms with Gasteiger partial charge < -0.3 is 23.8 Å². The van der Waals surface area contributed by atoms with Crippen LogP contribution < -0.4 is 31.1 Å². The van der Waals surface area contributed by atoms with Crippen LogP contribution in [0.1, 0.15) is 53.7 Å². The molecule has 0 N–H and O–H groups in total. The normalized spacial score (nSPS) is 15.1. The van der Waals surface area contributed by atoms with Crippen molar-refractivity contribution in [2.45, 2.75) is 26.2 Å².